The van der Waals surface area contributed by atoms with Crippen molar-refractivity contribution >= 4 is 28.8 Å². The first kappa shape index (κ1) is 14.2. The molecule has 1 heterocycles. The zero-order valence-corrected chi connectivity index (χ0v) is 11.1. The average molecular weight is 259 g/mol. The third kappa shape index (κ3) is 4.12. The Hall–Kier alpha value is -0.880. The summed E-state index contributed by atoms with van der Waals surface area (Å²) in [6, 6.07) is -0.392. The molecular formula is C11H17NO4S. The third-order valence-electron chi connectivity index (χ3n) is 2.43. The highest BCUT2D eigenvalue weighted by Crippen LogP contribution is 2.26. The lowest BCUT2D eigenvalue weighted by atomic mass is 10.2. The molecule has 1 rings (SSSR count). The fourth-order valence-corrected chi connectivity index (χ4v) is 2.42. The van der Waals surface area contributed by atoms with Crippen molar-refractivity contribution in [2.24, 2.45) is 0 Å². The number of nitrogens with one attached hydrogen (secondary N) is 1. The average Bonchev–Trinajstić information content (AvgIpc) is 2.67. The highest BCUT2D eigenvalue weighted by Gasteiger charge is 2.35. The van der Waals surface area contributed by atoms with E-state index in [-0.39, 0.29) is 5.12 Å². The molecule has 0 aromatic carbocycles. The maximum Gasteiger partial charge on any atom is 0.330 e. The Labute approximate surface area is 105 Å². The van der Waals surface area contributed by atoms with Gasteiger partial charge in [-0.25, -0.2) is 4.79 Å². The van der Waals surface area contributed by atoms with Crippen LogP contribution in [0.15, 0.2) is 0 Å². The van der Waals surface area contributed by atoms with E-state index < -0.39 is 22.7 Å². The number of esters is 2. The quantitative estimate of drug-likeness (QED) is 0.599. The summed E-state index contributed by atoms with van der Waals surface area (Å²) in [6.07, 6.45) is 1.59. The summed E-state index contributed by atoms with van der Waals surface area (Å²) in [6.45, 7) is 5.27. The molecule has 0 saturated carbocycles. The van der Waals surface area contributed by atoms with E-state index in [0.29, 0.717) is 6.42 Å². The van der Waals surface area contributed by atoms with Gasteiger partial charge in [-0.15, -0.1) is 0 Å². The molecule has 0 radical (unpaired) electrons. The lowest BCUT2D eigenvalue weighted by molar-refractivity contribution is -0.162. The SMILES string of the molecule is CC(=O)SC(C)(C)C(=O)OC(=O)[C@@H]1CCCN1. The van der Waals surface area contributed by atoms with Crippen molar-refractivity contribution < 1.29 is 19.1 Å². The van der Waals surface area contributed by atoms with Gasteiger partial charge in [-0.3, -0.25) is 9.59 Å². The molecule has 1 saturated heterocycles. The second-order valence-corrected chi connectivity index (χ2v) is 6.26. The third-order valence-corrected chi connectivity index (χ3v) is 3.39. The minimum absolute atomic E-state index is 0.182. The molecule has 1 fully saturated rings. The molecule has 1 aliphatic rings. The van der Waals surface area contributed by atoms with Crippen LogP contribution in [0.25, 0.3) is 0 Å². The molecule has 0 spiro atoms. The molecule has 0 bridgehead atoms. The summed E-state index contributed by atoms with van der Waals surface area (Å²) >= 11 is 0.863. The fraction of sp³-hybridized carbons (Fsp3) is 0.727. The van der Waals surface area contributed by atoms with Gasteiger partial charge in [-0.05, 0) is 33.2 Å². The van der Waals surface area contributed by atoms with E-state index in [4.69, 9.17) is 4.74 Å². The molecule has 0 aromatic rings. The smallest absolute Gasteiger partial charge is 0.330 e. The van der Waals surface area contributed by atoms with E-state index in [1.54, 1.807) is 13.8 Å². The fourth-order valence-electron chi connectivity index (χ4n) is 1.57. The van der Waals surface area contributed by atoms with Crippen molar-refractivity contribution in [3.63, 3.8) is 0 Å². The Morgan fingerprint density at radius 2 is 2.00 bits per heavy atom. The first-order chi connectivity index (χ1) is 7.83. The van der Waals surface area contributed by atoms with E-state index in [0.717, 1.165) is 24.7 Å². The Kier molecular flexibility index (Phi) is 4.70. The van der Waals surface area contributed by atoms with E-state index in [2.05, 4.69) is 5.32 Å². The Morgan fingerprint density at radius 3 is 2.47 bits per heavy atom. The molecule has 1 aliphatic heterocycles. The zero-order valence-electron chi connectivity index (χ0n) is 10.2. The van der Waals surface area contributed by atoms with Crippen LogP contribution in [0.3, 0.4) is 0 Å². The molecule has 5 nitrogen and oxygen atoms in total. The monoisotopic (exact) mass is 259 g/mol. The van der Waals surface area contributed by atoms with E-state index in [1.165, 1.54) is 6.92 Å². The minimum Gasteiger partial charge on any atom is -0.391 e. The molecule has 0 unspecified atom stereocenters. The molecule has 96 valence electrons. The van der Waals surface area contributed by atoms with Crippen molar-refractivity contribution in [1.82, 2.24) is 5.32 Å². The normalized spacial score (nSPS) is 20.1. The molecule has 0 aliphatic carbocycles. The number of carbonyl (C=O) groups is 3. The van der Waals surface area contributed by atoms with Crippen LogP contribution in [0.2, 0.25) is 0 Å². The van der Waals surface area contributed by atoms with Crippen LogP contribution in [0.1, 0.15) is 33.6 Å². The highest BCUT2D eigenvalue weighted by atomic mass is 32.2. The number of hydrogen-bond donors (Lipinski definition) is 1. The van der Waals surface area contributed by atoms with Gasteiger partial charge in [0.25, 0.3) is 0 Å². The second kappa shape index (κ2) is 5.64. The van der Waals surface area contributed by atoms with E-state index >= 15 is 0 Å². The molecule has 17 heavy (non-hydrogen) atoms. The number of carbonyl (C=O) groups excluding carboxylic acids is 3. The van der Waals surface area contributed by atoms with Crippen LogP contribution in [0.5, 0.6) is 0 Å². The van der Waals surface area contributed by atoms with Crippen LogP contribution in [-0.2, 0) is 19.1 Å². The largest absolute Gasteiger partial charge is 0.391 e. The maximum absolute atomic E-state index is 11.7. The summed E-state index contributed by atoms with van der Waals surface area (Å²) < 4.78 is 3.76. The number of ether oxygens (including phenoxy) is 1. The van der Waals surface area contributed by atoms with Gasteiger partial charge in [0, 0.05) is 6.92 Å². The van der Waals surface area contributed by atoms with Gasteiger partial charge in [-0.2, -0.15) is 0 Å². The molecule has 6 heteroatoms. The number of hydrogen-bond acceptors (Lipinski definition) is 6. The Morgan fingerprint density at radius 1 is 1.35 bits per heavy atom. The Bertz CT molecular complexity index is 334. The van der Waals surface area contributed by atoms with Gasteiger partial charge in [0.1, 0.15) is 10.8 Å². The highest BCUT2D eigenvalue weighted by molar-refractivity contribution is 8.15. The predicted molar refractivity (Wildman–Crippen MR) is 64.5 cm³/mol. The van der Waals surface area contributed by atoms with Crippen molar-refractivity contribution in [2.75, 3.05) is 6.54 Å². The summed E-state index contributed by atoms with van der Waals surface area (Å²) in [7, 11) is 0. The zero-order chi connectivity index (χ0) is 13.1. The summed E-state index contributed by atoms with van der Waals surface area (Å²) in [4.78, 5) is 34.3. The first-order valence-corrected chi connectivity index (χ1v) is 6.33. The van der Waals surface area contributed by atoms with Gasteiger partial charge in [-0.1, -0.05) is 11.8 Å². The van der Waals surface area contributed by atoms with E-state index in [9.17, 15) is 14.4 Å². The standard InChI is InChI=1S/C11H17NO4S/c1-7(13)17-11(2,3)10(15)16-9(14)8-5-4-6-12-8/h8,12H,4-6H2,1-3H3/t8-/m0/s1. The molecular weight excluding hydrogens is 242 g/mol. The number of thioether (sulfide) groups is 1. The van der Waals surface area contributed by atoms with Crippen LogP contribution in [0.4, 0.5) is 0 Å². The van der Waals surface area contributed by atoms with Crippen molar-refractivity contribution in [3.05, 3.63) is 0 Å². The van der Waals surface area contributed by atoms with Gasteiger partial charge in [0.05, 0.1) is 0 Å². The van der Waals surface area contributed by atoms with Crippen LogP contribution < -0.4 is 5.32 Å². The Balaban J connectivity index is 2.52. The minimum atomic E-state index is -1.03. The van der Waals surface area contributed by atoms with Crippen LogP contribution >= 0.6 is 11.8 Å². The first-order valence-electron chi connectivity index (χ1n) is 5.52. The summed E-state index contributed by atoms with van der Waals surface area (Å²) in [5, 5.41) is 2.77. The second-order valence-electron chi connectivity index (χ2n) is 4.46. The van der Waals surface area contributed by atoms with E-state index in [1.807, 2.05) is 0 Å². The van der Waals surface area contributed by atoms with Crippen LogP contribution in [0, 0.1) is 0 Å². The lowest BCUT2D eigenvalue weighted by Crippen LogP contribution is -2.39. The predicted octanol–water partition coefficient (Wildman–Crippen LogP) is 0.866. The number of rotatable bonds is 3. The summed E-state index contributed by atoms with van der Waals surface area (Å²) in [5.74, 6) is -1.22. The maximum atomic E-state index is 11.7. The molecule has 1 atom stereocenters. The van der Waals surface area contributed by atoms with Gasteiger partial charge < -0.3 is 10.1 Å². The van der Waals surface area contributed by atoms with Crippen molar-refractivity contribution in [3.8, 4) is 0 Å². The van der Waals surface area contributed by atoms with Crippen LogP contribution in [-0.4, -0.2) is 34.4 Å². The molecule has 1 N–H and O–H groups in total. The van der Waals surface area contributed by atoms with Crippen molar-refractivity contribution in [2.45, 2.75) is 44.4 Å². The molecule has 0 amide bonds. The van der Waals surface area contributed by atoms with Crippen molar-refractivity contribution in [1.29, 1.82) is 0 Å². The summed E-state index contributed by atoms with van der Waals surface area (Å²) in [5.41, 5.74) is 0. The molecule has 0 aromatic heterocycles. The topological polar surface area (TPSA) is 72.5 Å². The van der Waals surface area contributed by atoms with Gasteiger partial charge in [0.2, 0.25) is 0 Å². The van der Waals surface area contributed by atoms with Gasteiger partial charge in [0.15, 0.2) is 5.12 Å². The lowest BCUT2D eigenvalue weighted by Gasteiger charge is -2.20. The van der Waals surface area contributed by atoms with Gasteiger partial charge >= 0.3 is 11.9 Å².